The van der Waals surface area contributed by atoms with E-state index in [-0.39, 0.29) is 0 Å². The molecule has 2 nitrogen and oxygen atoms in total. The highest BCUT2D eigenvalue weighted by Gasteiger charge is 2.40. The number of aliphatic imine (C=N–C) groups is 1. The summed E-state index contributed by atoms with van der Waals surface area (Å²) in [6.45, 7) is 2.39. The Morgan fingerprint density at radius 3 is 2.79 bits per heavy atom. The van der Waals surface area contributed by atoms with Crippen LogP contribution in [-0.4, -0.2) is 34.0 Å². The van der Waals surface area contributed by atoms with Gasteiger partial charge >= 0.3 is 0 Å². The molecule has 0 aromatic heterocycles. The van der Waals surface area contributed by atoms with Gasteiger partial charge in [0.1, 0.15) is 0 Å². The zero-order chi connectivity index (χ0) is 13.3. The molecule has 2 aliphatic carbocycles. The largest absolute Gasteiger partial charge is 0.359 e. The van der Waals surface area contributed by atoms with Gasteiger partial charge in [-0.1, -0.05) is 25.1 Å². The molecule has 2 unspecified atom stereocenters. The lowest BCUT2D eigenvalue weighted by atomic mass is 9.78. The van der Waals surface area contributed by atoms with Crippen molar-refractivity contribution < 1.29 is 0 Å². The molecule has 1 saturated heterocycles. The van der Waals surface area contributed by atoms with Crippen LogP contribution in [0.2, 0.25) is 0 Å². The second kappa shape index (κ2) is 5.88. The Kier molecular flexibility index (Phi) is 4.37. The second-order valence-corrected chi connectivity index (χ2v) is 8.62. The topological polar surface area (TPSA) is 24.4 Å². The number of rotatable bonds is 2. The van der Waals surface area contributed by atoms with Crippen molar-refractivity contribution in [2.45, 2.75) is 68.7 Å². The van der Waals surface area contributed by atoms with Crippen molar-refractivity contribution in [1.29, 1.82) is 0 Å². The summed E-state index contributed by atoms with van der Waals surface area (Å²) in [6, 6.07) is 0.572. The van der Waals surface area contributed by atoms with Crippen LogP contribution in [0.1, 0.15) is 51.9 Å². The van der Waals surface area contributed by atoms with Crippen molar-refractivity contribution in [2.75, 3.05) is 12.0 Å². The van der Waals surface area contributed by atoms with Gasteiger partial charge in [-0.2, -0.15) is 11.8 Å². The molecule has 1 heterocycles. The summed E-state index contributed by atoms with van der Waals surface area (Å²) in [6.07, 6.45) is 11.7. The van der Waals surface area contributed by atoms with E-state index < -0.39 is 0 Å². The molecule has 0 radical (unpaired) electrons. The predicted octanol–water partition coefficient (Wildman–Crippen LogP) is 3.91. The van der Waals surface area contributed by atoms with Crippen molar-refractivity contribution in [3.05, 3.63) is 0 Å². The van der Waals surface area contributed by atoms with Crippen LogP contribution in [0.5, 0.6) is 0 Å². The van der Waals surface area contributed by atoms with Crippen molar-refractivity contribution in [1.82, 2.24) is 5.32 Å². The van der Waals surface area contributed by atoms with E-state index in [1.807, 2.05) is 23.5 Å². The summed E-state index contributed by atoms with van der Waals surface area (Å²) in [5, 5.41) is 5.81. The zero-order valence-corrected chi connectivity index (χ0v) is 13.8. The first-order valence-electron chi connectivity index (χ1n) is 7.72. The summed E-state index contributed by atoms with van der Waals surface area (Å²) in [4.78, 5) is 5.04. The van der Waals surface area contributed by atoms with E-state index in [0.29, 0.717) is 11.6 Å². The predicted molar refractivity (Wildman–Crippen MR) is 88.3 cm³/mol. The van der Waals surface area contributed by atoms with E-state index in [1.165, 1.54) is 55.9 Å². The van der Waals surface area contributed by atoms with E-state index in [2.05, 4.69) is 18.5 Å². The summed E-state index contributed by atoms with van der Waals surface area (Å²) in [5.74, 6) is 2.17. The minimum atomic E-state index is 0.392. The minimum absolute atomic E-state index is 0.392. The lowest BCUT2D eigenvalue weighted by molar-refractivity contribution is 0.250. The number of nitrogens with one attached hydrogen (secondary N) is 1. The molecule has 1 spiro atoms. The molecule has 3 fully saturated rings. The first-order chi connectivity index (χ1) is 9.21. The molecule has 0 aromatic rings. The van der Waals surface area contributed by atoms with Gasteiger partial charge in [0.2, 0.25) is 0 Å². The van der Waals surface area contributed by atoms with Crippen LogP contribution in [0, 0.1) is 5.92 Å². The van der Waals surface area contributed by atoms with Gasteiger partial charge in [0.25, 0.3) is 0 Å². The maximum atomic E-state index is 5.04. The van der Waals surface area contributed by atoms with Gasteiger partial charge in [-0.05, 0) is 50.7 Å². The molecule has 3 rings (SSSR count). The summed E-state index contributed by atoms with van der Waals surface area (Å²) >= 11 is 3.99. The lowest BCUT2D eigenvalue weighted by Gasteiger charge is -2.35. The molecule has 3 aliphatic rings. The molecule has 4 heteroatoms. The molecule has 108 valence electrons. The second-order valence-electron chi connectivity index (χ2n) is 6.58. The third-order valence-electron chi connectivity index (χ3n) is 5.09. The van der Waals surface area contributed by atoms with Crippen molar-refractivity contribution in [3.63, 3.8) is 0 Å². The Balaban J connectivity index is 1.62. The Morgan fingerprint density at radius 1 is 1.26 bits per heavy atom. The molecule has 0 bridgehead atoms. The molecule has 2 atom stereocenters. The van der Waals surface area contributed by atoms with E-state index in [1.54, 1.807) is 0 Å². The first-order valence-corrected chi connectivity index (χ1v) is 10.00. The Morgan fingerprint density at radius 2 is 2.05 bits per heavy atom. The third kappa shape index (κ3) is 3.10. The number of amidine groups is 1. The summed E-state index contributed by atoms with van der Waals surface area (Å²) in [5.41, 5.74) is 0.392. The summed E-state index contributed by atoms with van der Waals surface area (Å²) < 4.78 is 0. The van der Waals surface area contributed by atoms with E-state index in [4.69, 9.17) is 4.99 Å². The quantitative estimate of drug-likeness (QED) is 0.836. The highest BCUT2D eigenvalue weighted by molar-refractivity contribution is 8.14. The van der Waals surface area contributed by atoms with E-state index >= 15 is 0 Å². The third-order valence-corrected chi connectivity index (χ3v) is 7.43. The Hall–Kier alpha value is 0.170. The molecule has 2 saturated carbocycles. The van der Waals surface area contributed by atoms with Gasteiger partial charge in [0.15, 0.2) is 5.17 Å². The average Bonchev–Trinajstić information content (AvgIpc) is 3.02. The van der Waals surface area contributed by atoms with Crippen molar-refractivity contribution in [2.24, 2.45) is 10.9 Å². The van der Waals surface area contributed by atoms with Crippen molar-refractivity contribution >= 4 is 28.7 Å². The van der Waals surface area contributed by atoms with E-state index in [0.717, 1.165) is 11.2 Å². The number of nitrogens with zero attached hydrogens (tertiary/aromatic N) is 1. The monoisotopic (exact) mass is 298 g/mol. The molecular weight excluding hydrogens is 272 g/mol. The van der Waals surface area contributed by atoms with Gasteiger partial charge in [0.05, 0.1) is 6.04 Å². The first kappa shape index (κ1) is 14.1. The van der Waals surface area contributed by atoms with Crippen LogP contribution in [0.15, 0.2) is 4.99 Å². The fourth-order valence-electron chi connectivity index (χ4n) is 3.64. The SMILES string of the molecule is CSC1CCCC1N=C1NC2(CCC(C)CC2)CS1. The maximum absolute atomic E-state index is 5.04. The molecule has 0 amide bonds. The smallest absolute Gasteiger partial charge is 0.157 e. The highest BCUT2D eigenvalue weighted by Crippen LogP contribution is 2.39. The van der Waals surface area contributed by atoms with E-state index in [9.17, 15) is 0 Å². The fourth-order valence-corrected chi connectivity index (χ4v) is 5.82. The van der Waals surface area contributed by atoms with Crippen LogP contribution in [0.25, 0.3) is 0 Å². The number of hydrogen-bond acceptors (Lipinski definition) is 3. The average molecular weight is 299 g/mol. The Bertz CT molecular complexity index is 348. The normalized spacial score (nSPS) is 44.9. The lowest BCUT2D eigenvalue weighted by Crippen LogP contribution is -2.46. The van der Waals surface area contributed by atoms with Crippen LogP contribution in [0.4, 0.5) is 0 Å². The minimum Gasteiger partial charge on any atom is -0.359 e. The summed E-state index contributed by atoms with van der Waals surface area (Å²) in [7, 11) is 0. The van der Waals surface area contributed by atoms with Gasteiger partial charge in [-0.3, -0.25) is 4.99 Å². The van der Waals surface area contributed by atoms with Gasteiger partial charge in [-0.15, -0.1) is 0 Å². The number of thioether (sulfide) groups is 2. The van der Waals surface area contributed by atoms with Crippen LogP contribution < -0.4 is 5.32 Å². The molecular formula is C15H26N2S2. The van der Waals surface area contributed by atoms with Crippen LogP contribution in [-0.2, 0) is 0 Å². The van der Waals surface area contributed by atoms with Crippen LogP contribution >= 0.6 is 23.5 Å². The molecule has 0 aromatic carbocycles. The maximum Gasteiger partial charge on any atom is 0.157 e. The Labute approximate surface area is 126 Å². The fraction of sp³-hybridized carbons (Fsp3) is 0.933. The highest BCUT2D eigenvalue weighted by atomic mass is 32.2. The van der Waals surface area contributed by atoms with Gasteiger partial charge < -0.3 is 5.32 Å². The standard InChI is InChI=1S/C15H26N2S2/c1-11-6-8-15(9-7-11)10-19-14(17-15)16-12-4-3-5-13(12)18-2/h11-13H,3-10H2,1-2H3,(H,16,17). The van der Waals surface area contributed by atoms with Gasteiger partial charge in [-0.25, -0.2) is 0 Å². The van der Waals surface area contributed by atoms with Gasteiger partial charge in [0, 0.05) is 16.5 Å². The van der Waals surface area contributed by atoms with Crippen molar-refractivity contribution in [3.8, 4) is 0 Å². The molecule has 1 aliphatic heterocycles. The molecule has 19 heavy (non-hydrogen) atoms. The number of hydrogen-bond donors (Lipinski definition) is 1. The van der Waals surface area contributed by atoms with Crippen LogP contribution in [0.3, 0.4) is 0 Å². The zero-order valence-electron chi connectivity index (χ0n) is 12.2. The molecule has 1 N–H and O–H groups in total.